The van der Waals surface area contributed by atoms with Crippen LogP contribution in [0.2, 0.25) is 0 Å². The molecule has 1 aromatic rings. The molecule has 0 fully saturated rings. The maximum atomic E-state index is 12.2. The van der Waals surface area contributed by atoms with E-state index < -0.39 is 11.9 Å². The molecule has 0 atom stereocenters. The highest BCUT2D eigenvalue weighted by atomic mass is 127. The number of rotatable bonds is 2. The summed E-state index contributed by atoms with van der Waals surface area (Å²) in [5.74, 6) is 0.503. The van der Waals surface area contributed by atoms with Gasteiger partial charge in [0.15, 0.2) is 11.7 Å². The predicted molar refractivity (Wildman–Crippen MR) is 71.8 cm³/mol. The van der Waals surface area contributed by atoms with Gasteiger partial charge in [-0.2, -0.15) is 13.2 Å². The second-order valence-corrected chi connectivity index (χ2v) is 3.74. The number of guanidine groups is 1. The van der Waals surface area contributed by atoms with Crippen LogP contribution in [0.1, 0.15) is 10.7 Å². The first-order valence-electron chi connectivity index (χ1n) is 4.37. The summed E-state index contributed by atoms with van der Waals surface area (Å²) in [5.41, 5.74) is -0.853. The zero-order chi connectivity index (χ0) is 12.2. The average molecular weight is 380 g/mol. The van der Waals surface area contributed by atoms with Gasteiger partial charge in [-0.05, 0) is 0 Å². The fraction of sp³-hybridized carbons (Fsp3) is 0.500. The third-order valence-corrected chi connectivity index (χ3v) is 2.56. The van der Waals surface area contributed by atoms with Crippen molar-refractivity contribution in [1.29, 1.82) is 0 Å². The highest BCUT2D eigenvalue weighted by Gasteiger charge is 2.33. The number of alkyl halides is 3. The molecule has 2 N–H and O–H groups in total. The van der Waals surface area contributed by atoms with Crippen LogP contribution in [0.5, 0.6) is 0 Å². The molecule has 0 bridgehead atoms. The molecule has 0 amide bonds. The summed E-state index contributed by atoms with van der Waals surface area (Å²) in [6.45, 7) is 0.217. The average Bonchev–Trinajstić information content (AvgIpc) is 2.67. The van der Waals surface area contributed by atoms with Crippen molar-refractivity contribution in [2.24, 2.45) is 4.99 Å². The first-order valence-corrected chi connectivity index (χ1v) is 5.25. The maximum Gasteiger partial charge on any atom is 0.434 e. The minimum absolute atomic E-state index is 0. The van der Waals surface area contributed by atoms with E-state index in [9.17, 15) is 13.2 Å². The van der Waals surface area contributed by atoms with Crippen molar-refractivity contribution in [2.45, 2.75) is 12.7 Å². The summed E-state index contributed by atoms with van der Waals surface area (Å²) in [5, 5.41) is 6.94. The van der Waals surface area contributed by atoms with Gasteiger partial charge in [-0.3, -0.25) is 4.99 Å². The van der Waals surface area contributed by atoms with Crippen LogP contribution < -0.4 is 10.6 Å². The Hall–Kier alpha value is -0.580. The van der Waals surface area contributed by atoms with Crippen LogP contribution in [0.25, 0.3) is 0 Å². The molecular formula is C8H12F3IN4S. The van der Waals surface area contributed by atoms with E-state index in [0.29, 0.717) is 11.0 Å². The minimum atomic E-state index is -4.38. The predicted octanol–water partition coefficient (Wildman–Crippen LogP) is 2.07. The smallest absolute Gasteiger partial charge is 0.359 e. The van der Waals surface area contributed by atoms with Gasteiger partial charge in [0, 0.05) is 19.5 Å². The van der Waals surface area contributed by atoms with Gasteiger partial charge in [0.05, 0.1) is 6.54 Å². The Kier molecular flexibility index (Phi) is 6.75. The molecule has 0 saturated heterocycles. The van der Waals surface area contributed by atoms with E-state index >= 15 is 0 Å². The molecule has 0 aromatic carbocycles. The van der Waals surface area contributed by atoms with E-state index in [2.05, 4.69) is 20.6 Å². The van der Waals surface area contributed by atoms with Crippen LogP contribution in [0.15, 0.2) is 10.4 Å². The zero-order valence-corrected chi connectivity index (χ0v) is 12.3. The van der Waals surface area contributed by atoms with Crippen molar-refractivity contribution in [3.63, 3.8) is 0 Å². The van der Waals surface area contributed by atoms with Crippen molar-refractivity contribution in [1.82, 2.24) is 15.6 Å². The Morgan fingerprint density at radius 1 is 1.53 bits per heavy atom. The second-order valence-electron chi connectivity index (χ2n) is 2.80. The molecule has 9 heteroatoms. The molecule has 0 radical (unpaired) electrons. The summed E-state index contributed by atoms with van der Waals surface area (Å²) in [4.78, 5) is 7.30. The number of aliphatic imine (C=N–C) groups is 1. The first-order chi connectivity index (χ1) is 7.47. The first kappa shape index (κ1) is 16.4. The molecule has 4 nitrogen and oxygen atoms in total. The van der Waals surface area contributed by atoms with Crippen molar-refractivity contribution < 1.29 is 13.2 Å². The molecule has 98 valence electrons. The lowest BCUT2D eigenvalue weighted by Gasteiger charge is -2.05. The molecule has 0 aliphatic heterocycles. The lowest BCUT2D eigenvalue weighted by Crippen LogP contribution is -2.34. The van der Waals surface area contributed by atoms with Gasteiger partial charge in [-0.1, -0.05) is 0 Å². The second kappa shape index (κ2) is 6.99. The molecule has 1 heterocycles. The van der Waals surface area contributed by atoms with Crippen molar-refractivity contribution in [3.8, 4) is 0 Å². The van der Waals surface area contributed by atoms with Crippen molar-refractivity contribution in [2.75, 3.05) is 14.1 Å². The number of hydrogen-bond donors (Lipinski definition) is 2. The van der Waals surface area contributed by atoms with Crippen LogP contribution >= 0.6 is 35.3 Å². The third-order valence-electron chi connectivity index (χ3n) is 1.71. The summed E-state index contributed by atoms with van der Waals surface area (Å²) in [6.07, 6.45) is -4.38. The lowest BCUT2D eigenvalue weighted by molar-refractivity contribution is -0.140. The monoisotopic (exact) mass is 380 g/mol. The molecule has 0 aliphatic carbocycles. The van der Waals surface area contributed by atoms with Crippen LogP contribution in [0, 0.1) is 0 Å². The molecule has 1 rings (SSSR count). The Balaban J connectivity index is 0.00000256. The Bertz CT molecular complexity index is 377. The van der Waals surface area contributed by atoms with Gasteiger partial charge >= 0.3 is 6.18 Å². The zero-order valence-electron chi connectivity index (χ0n) is 9.13. The number of nitrogens with one attached hydrogen (secondary N) is 2. The van der Waals surface area contributed by atoms with Gasteiger partial charge in [0.1, 0.15) is 5.01 Å². The number of nitrogens with zero attached hydrogens (tertiary/aromatic N) is 2. The van der Waals surface area contributed by atoms with Crippen LogP contribution in [-0.2, 0) is 12.7 Å². The summed E-state index contributed by atoms with van der Waals surface area (Å²) >= 11 is 0.963. The molecule has 0 spiro atoms. The van der Waals surface area contributed by atoms with Gasteiger partial charge in [-0.25, -0.2) is 4.98 Å². The van der Waals surface area contributed by atoms with E-state index in [-0.39, 0.29) is 30.5 Å². The van der Waals surface area contributed by atoms with Crippen molar-refractivity contribution >= 4 is 41.3 Å². The normalized spacial score (nSPS) is 11.9. The van der Waals surface area contributed by atoms with Gasteiger partial charge in [0.2, 0.25) is 0 Å². The fourth-order valence-electron chi connectivity index (χ4n) is 0.961. The molecule has 0 unspecified atom stereocenters. The van der Waals surface area contributed by atoms with Crippen LogP contribution in [0.3, 0.4) is 0 Å². The van der Waals surface area contributed by atoms with Gasteiger partial charge < -0.3 is 10.6 Å². The summed E-state index contributed by atoms with van der Waals surface area (Å²) < 4.78 is 36.7. The standard InChI is InChI=1S/C8H11F3N4S.HI/c1-12-7(13-2)14-3-6-15-5(4-16-6)8(9,10)11;/h4H,3H2,1-2H3,(H2,12,13,14);1H. The largest absolute Gasteiger partial charge is 0.434 e. The third kappa shape index (κ3) is 5.06. The number of halogens is 4. The van der Waals surface area contributed by atoms with E-state index in [4.69, 9.17) is 0 Å². The summed E-state index contributed by atoms with van der Waals surface area (Å²) in [6, 6.07) is 0. The van der Waals surface area contributed by atoms with E-state index in [0.717, 1.165) is 16.7 Å². The quantitative estimate of drug-likeness (QED) is 0.469. The number of thiazole rings is 1. The Morgan fingerprint density at radius 2 is 2.18 bits per heavy atom. The molecule has 1 aromatic heterocycles. The van der Waals surface area contributed by atoms with Gasteiger partial charge in [-0.15, -0.1) is 35.3 Å². The van der Waals surface area contributed by atoms with E-state index in [1.165, 1.54) is 0 Å². The molecule has 0 aliphatic rings. The van der Waals surface area contributed by atoms with Gasteiger partial charge in [0.25, 0.3) is 0 Å². The maximum absolute atomic E-state index is 12.2. The minimum Gasteiger partial charge on any atom is -0.359 e. The van der Waals surface area contributed by atoms with Crippen LogP contribution in [-0.4, -0.2) is 25.0 Å². The Morgan fingerprint density at radius 3 is 2.59 bits per heavy atom. The highest BCUT2D eigenvalue weighted by molar-refractivity contribution is 14.0. The molecular weight excluding hydrogens is 368 g/mol. The SMILES string of the molecule is CN=C(NC)NCc1nc(C(F)(F)F)cs1.I. The van der Waals surface area contributed by atoms with E-state index in [1.54, 1.807) is 14.1 Å². The highest BCUT2D eigenvalue weighted by Crippen LogP contribution is 2.29. The van der Waals surface area contributed by atoms with E-state index in [1.807, 2.05) is 0 Å². The number of aromatic nitrogens is 1. The lowest BCUT2D eigenvalue weighted by atomic mass is 10.5. The number of hydrogen-bond acceptors (Lipinski definition) is 3. The summed E-state index contributed by atoms with van der Waals surface area (Å²) in [7, 11) is 3.24. The topological polar surface area (TPSA) is 49.3 Å². The Labute approximate surface area is 118 Å². The van der Waals surface area contributed by atoms with Crippen molar-refractivity contribution in [3.05, 3.63) is 16.1 Å². The molecule has 0 saturated carbocycles. The fourth-order valence-corrected chi connectivity index (χ4v) is 1.70. The molecule has 17 heavy (non-hydrogen) atoms. The van der Waals surface area contributed by atoms with Crippen LogP contribution in [0.4, 0.5) is 13.2 Å².